The predicted molar refractivity (Wildman–Crippen MR) is 132 cm³/mol. The van der Waals surface area contributed by atoms with Crippen LogP contribution in [0.25, 0.3) is 0 Å². The Morgan fingerprint density at radius 3 is 2.41 bits per heavy atom. The molecule has 2 saturated heterocycles. The smallest absolute Gasteiger partial charge is 0.135 e. The normalized spacial score (nSPS) is 25.7. The topological polar surface area (TPSA) is 84.8 Å². The molecule has 34 heavy (non-hydrogen) atoms. The van der Waals surface area contributed by atoms with Gasteiger partial charge in [0.2, 0.25) is 0 Å². The molecule has 1 aromatic carbocycles. The number of aromatic nitrogens is 2. The van der Waals surface area contributed by atoms with Crippen LogP contribution < -0.4 is 10.2 Å². The summed E-state index contributed by atoms with van der Waals surface area (Å²) in [6.45, 7) is 9.13. The Labute approximate surface area is 205 Å². The van der Waals surface area contributed by atoms with Gasteiger partial charge in [-0.1, -0.05) is 30.7 Å². The van der Waals surface area contributed by atoms with Crippen molar-refractivity contribution in [3.8, 4) is 0 Å². The predicted octanol–water partition coefficient (Wildman–Crippen LogP) is 2.01. The summed E-state index contributed by atoms with van der Waals surface area (Å²) < 4.78 is 0. The molecule has 9 heteroatoms. The molecule has 0 bridgehead atoms. The van der Waals surface area contributed by atoms with E-state index in [1.807, 2.05) is 24.3 Å². The number of carbonyl (C=O) groups excluding carboxylic acids is 1. The maximum absolute atomic E-state index is 12.4. The van der Waals surface area contributed by atoms with E-state index in [2.05, 4.69) is 36.9 Å². The van der Waals surface area contributed by atoms with Crippen LogP contribution in [-0.4, -0.2) is 89.7 Å². The summed E-state index contributed by atoms with van der Waals surface area (Å²) in [5.41, 5.74) is 2.87. The van der Waals surface area contributed by atoms with Crippen LogP contribution in [0.4, 0.5) is 5.82 Å². The average Bonchev–Trinajstić information content (AvgIpc) is 3.17. The van der Waals surface area contributed by atoms with Gasteiger partial charge in [-0.05, 0) is 30.0 Å². The van der Waals surface area contributed by atoms with Gasteiger partial charge in [0, 0.05) is 62.9 Å². The maximum Gasteiger partial charge on any atom is 0.135 e. The largest absolute Gasteiger partial charge is 0.387 e. The van der Waals surface area contributed by atoms with Crippen LogP contribution >= 0.6 is 11.6 Å². The van der Waals surface area contributed by atoms with Crippen molar-refractivity contribution >= 4 is 23.7 Å². The van der Waals surface area contributed by atoms with Gasteiger partial charge in [0.25, 0.3) is 0 Å². The number of anilines is 1. The number of hydrogen-bond donors (Lipinski definition) is 2. The average molecular weight is 485 g/mol. The van der Waals surface area contributed by atoms with E-state index in [-0.39, 0.29) is 18.0 Å². The zero-order valence-corrected chi connectivity index (χ0v) is 20.4. The Hall–Kier alpha value is -2.10. The number of hydrogen-bond acceptors (Lipinski definition) is 8. The van der Waals surface area contributed by atoms with E-state index in [0.717, 1.165) is 81.3 Å². The van der Waals surface area contributed by atoms with Crippen molar-refractivity contribution in [2.75, 3.05) is 57.3 Å². The number of benzene rings is 1. The zero-order chi connectivity index (χ0) is 23.7. The minimum Gasteiger partial charge on any atom is -0.387 e. The van der Waals surface area contributed by atoms with Gasteiger partial charge in [-0.25, -0.2) is 9.97 Å². The molecular weight excluding hydrogens is 452 g/mol. The molecular formula is C25H33ClN6O2. The van der Waals surface area contributed by atoms with Gasteiger partial charge < -0.3 is 20.1 Å². The monoisotopic (exact) mass is 484 g/mol. The highest BCUT2D eigenvalue weighted by Crippen LogP contribution is 2.43. The second kappa shape index (κ2) is 10.3. The Kier molecular flexibility index (Phi) is 7.13. The quantitative estimate of drug-likeness (QED) is 0.602. The second-order valence-electron chi connectivity index (χ2n) is 9.58. The van der Waals surface area contributed by atoms with E-state index in [1.165, 1.54) is 0 Å². The Morgan fingerprint density at radius 2 is 1.74 bits per heavy atom. The van der Waals surface area contributed by atoms with E-state index < -0.39 is 6.10 Å². The summed E-state index contributed by atoms with van der Waals surface area (Å²) in [7, 11) is 0. The van der Waals surface area contributed by atoms with Crippen molar-refractivity contribution in [1.82, 2.24) is 25.1 Å². The van der Waals surface area contributed by atoms with Crippen LogP contribution in [0.1, 0.15) is 48.1 Å². The molecule has 2 fully saturated rings. The van der Waals surface area contributed by atoms with Crippen LogP contribution in [0.2, 0.25) is 5.02 Å². The Bertz CT molecular complexity index is 991. The number of halogens is 1. The van der Waals surface area contributed by atoms with Crippen molar-refractivity contribution < 1.29 is 9.90 Å². The molecule has 8 nitrogen and oxygen atoms in total. The number of carbonyl (C=O) groups is 1. The molecule has 2 aliphatic heterocycles. The van der Waals surface area contributed by atoms with Gasteiger partial charge in [0.05, 0.1) is 23.9 Å². The maximum atomic E-state index is 12.4. The van der Waals surface area contributed by atoms with E-state index in [4.69, 9.17) is 11.6 Å². The summed E-state index contributed by atoms with van der Waals surface area (Å²) in [5, 5.41) is 14.5. The fourth-order valence-electron chi connectivity index (χ4n) is 5.79. The highest BCUT2D eigenvalue weighted by molar-refractivity contribution is 6.30. The molecule has 2 N–H and O–H groups in total. The van der Waals surface area contributed by atoms with Gasteiger partial charge in [-0.2, -0.15) is 0 Å². The van der Waals surface area contributed by atoms with Crippen molar-refractivity contribution in [2.45, 2.75) is 37.5 Å². The van der Waals surface area contributed by atoms with E-state index in [1.54, 1.807) is 6.33 Å². The number of nitrogens with zero attached hydrogens (tertiary/aromatic N) is 5. The fourth-order valence-corrected chi connectivity index (χ4v) is 5.92. The van der Waals surface area contributed by atoms with Crippen LogP contribution in [0.5, 0.6) is 0 Å². The number of fused-ring (bicyclic) bond motifs is 1. The fraction of sp³-hybridized carbons (Fsp3) is 0.560. The Balaban J connectivity index is 1.37. The summed E-state index contributed by atoms with van der Waals surface area (Å²) in [5.74, 6) is 0.953. The van der Waals surface area contributed by atoms with Gasteiger partial charge in [-0.15, -0.1) is 0 Å². The first-order chi connectivity index (χ1) is 16.6. The van der Waals surface area contributed by atoms with Crippen LogP contribution in [0.15, 0.2) is 30.6 Å². The molecule has 1 aromatic heterocycles. The lowest BCUT2D eigenvalue weighted by atomic mass is 9.94. The molecule has 5 rings (SSSR count). The molecule has 0 amide bonds. The first-order valence-corrected chi connectivity index (χ1v) is 12.6. The van der Waals surface area contributed by atoms with Gasteiger partial charge in [-0.3, -0.25) is 9.80 Å². The summed E-state index contributed by atoms with van der Waals surface area (Å²) in [4.78, 5) is 28.7. The molecule has 0 spiro atoms. The summed E-state index contributed by atoms with van der Waals surface area (Å²) in [6.07, 6.45) is 2.88. The van der Waals surface area contributed by atoms with Crippen molar-refractivity contribution in [3.63, 3.8) is 0 Å². The third-order valence-corrected chi connectivity index (χ3v) is 7.77. The standard InChI is InChI=1S/C25H33ClN6O2/c1-17-14-21(34)23-22(17)24(29-16-28-23)30-10-12-32(13-11-30)25(31-8-6-27-7-9-31)20(15-33)18-2-4-19(26)5-3-18/h2-5,15-17,20-21,25,27,34H,6-14H2,1H3/t17-,20?,21-,25?/m1/s1. The van der Waals surface area contributed by atoms with Gasteiger partial charge in [0.15, 0.2) is 0 Å². The molecule has 2 aromatic rings. The third kappa shape index (κ3) is 4.57. The number of nitrogens with one attached hydrogen (secondary N) is 1. The van der Waals surface area contributed by atoms with Crippen molar-refractivity contribution in [3.05, 3.63) is 52.4 Å². The zero-order valence-electron chi connectivity index (χ0n) is 19.6. The number of aldehydes is 1. The molecule has 3 heterocycles. The lowest BCUT2D eigenvalue weighted by molar-refractivity contribution is -0.113. The summed E-state index contributed by atoms with van der Waals surface area (Å²) in [6, 6.07) is 7.68. The molecule has 0 saturated carbocycles. The van der Waals surface area contributed by atoms with Crippen LogP contribution in [-0.2, 0) is 4.79 Å². The van der Waals surface area contributed by atoms with Gasteiger partial charge >= 0.3 is 0 Å². The van der Waals surface area contributed by atoms with Crippen LogP contribution in [0, 0.1) is 0 Å². The molecule has 3 aliphatic rings. The molecule has 182 valence electrons. The molecule has 1 aliphatic carbocycles. The number of piperazine rings is 2. The van der Waals surface area contributed by atoms with Crippen molar-refractivity contribution in [2.24, 2.45) is 0 Å². The molecule has 0 radical (unpaired) electrons. The second-order valence-corrected chi connectivity index (χ2v) is 10.0. The molecule has 2 unspecified atom stereocenters. The minimum atomic E-state index is -0.502. The number of aliphatic hydroxyl groups is 1. The number of rotatable bonds is 6. The van der Waals surface area contributed by atoms with E-state index in [0.29, 0.717) is 11.4 Å². The first-order valence-electron chi connectivity index (χ1n) is 12.2. The third-order valence-electron chi connectivity index (χ3n) is 7.52. The minimum absolute atomic E-state index is 0.000199. The Morgan fingerprint density at radius 1 is 1.06 bits per heavy atom. The van der Waals surface area contributed by atoms with Crippen molar-refractivity contribution in [1.29, 1.82) is 0 Å². The lowest BCUT2D eigenvalue weighted by Crippen LogP contribution is -2.61. The highest BCUT2D eigenvalue weighted by Gasteiger charge is 2.38. The SMILES string of the molecule is C[C@@H]1C[C@@H](O)c2ncnc(N3CCN(C(C(C=O)c4ccc(Cl)cc4)N4CCNCC4)CC3)c21. The van der Waals surface area contributed by atoms with E-state index >= 15 is 0 Å². The lowest BCUT2D eigenvalue weighted by Gasteiger charge is -2.47. The summed E-state index contributed by atoms with van der Waals surface area (Å²) >= 11 is 6.12. The number of aliphatic hydroxyl groups excluding tert-OH is 1. The first kappa shape index (κ1) is 23.6. The highest BCUT2D eigenvalue weighted by atomic mass is 35.5. The van der Waals surface area contributed by atoms with Gasteiger partial charge in [0.1, 0.15) is 18.4 Å². The van der Waals surface area contributed by atoms with E-state index in [9.17, 15) is 9.90 Å². The molecule has 4 atom stereocenters. The van der Waals surface area contributed by atoms with Crippen LogP contribution in [0.3, 0.4) is 0 Å².